The molecule has 0 atom stereocenters. The first-order valence-corrected chi connectivity index (χ1v) is 6.40. The fourth-order valence-electron chi connectivity index (χ4n) is 1.53. The van der Waals surface area contributed by atoms with Crippen molar-refractivity contribution in [3.8, 4) is 0 Å². The molecule has 0 spiro atoms. The molecule has 0 radical (unpaired) electrons. The third-order valence-corrected chi connectivity index (χ3v) is 2.84. The molecule has 0 heteroatoms. The Hall–Kier alpha value is -1.82. The second-order valence-electron chi connectivity index (χ2n) is 4.45. The summed E-state index contributed by atoms with van der Waals surface area (Å²) in [6.07, 6.45) is 2.99. The van der Waals surface area contributed by atoms with Gasteiger partial charge < -0.3 is 0 Å². The first-order valence-electron chi connectivity index (χ1n) is 6.40. The number of aryl methyl sites for hydroxylation is 3. The monoisotopic (exact) mass is 238 g/mol. The van der Waals surface area contributed by atoms with Gasteiger partial charge in [0.25, 0.3) is 0 Å². The summed E-state index contributed by atoms with van der Waals surface area (Å²) in [5.74, 6) is 0. The molecule has 18 heavy (non-hydrogen) atoms. The van der Waals surface area contributed by atoms with Gasteiger partial charge in [0.05, 0.1) is 0 Å². The highest BCUT2D eigenvalue weighted by molar-refractivity contribution is 5.46. The predicted molar refractivity (Wildman–Crippen MR) is 81.8 cm³/mol. The highest BCUT2D eigenvalue weighted by Crippen LogP contribution is 2.03. The van der Waals surface area contributed by atoms with E-state index in [-0.39, 0.29) is 0 Å². The summed E-state index contributed by atoms with van der Waals surface area (Å²) in [5, 5.41) is 0. The van der Waals surface area contributed by atoms with Crippen LogP contribution in [0.25, 0.3) is 6.08 Å². The largest absolute Gasteiger partial charge is 0.0985 e. The molecule has 94 valence electrons. The normalized spacial score (nSPS) is 9.28. The Balaban J connectivity index is 0.000000180. The highest BCUT2D eigenvalue weighted by Gasteiger charge is 1.85. The van der Waals surface area contributed by atoms with Gasteiger partial charge in [0.15, 0.2) is 0 Å². The van der Waals surface area contributed by atoms with Crippen LogP contribution in [0.1, 0.15) is 29.2 Å². The van der Waals surface area contributed by atoms with Crippen molar-refractivity contribution < 1.29 is 0 Å². The molecule has 0 saturated heterocycles. The van der Waals surface area contributed by atoms with Crippen LogP contribution >= 0.6 is 0 Å². The first kappa shape index (κ1) is 14.2. The van der Waals surface area contributed by atoms with Crippen molar-refractivity contribution in [1.82, 2.24) is 0 Å². The summed E-state index contributed by atoms with van der Waals surface area (Å²) in [5.41, 5.74) is 5.23. The molecule has 0 aliphatic carbocycles. The van der Waals surface area contributed by atoms with Crippen molar-refractivity contribution >= 4 is 6.08 Å². The molecule has 2 aromatic rings. The zero-order chi connectivity index (χ0) is 13.4. The van der Waals surface area contributed by atoms with Gasteiger partial charge >= 0.3 is 0 Å². The average Bonchev–Trinajstić information content (AvgIpc) is 2.41. The molecule has 0 aliphatic heterocycles. The summed E-state index contributed by atoms with van der Waals surface area (Å²) in [6.45, 7) is 10.0. The van der Waals surface area contributed by atoms with E-state index in [2.05, 4.69) is 75.9 Å². The maximum atomic E-state index is 3.66. The van der Waals surface area contributed by atoms with Gasteiger partial charge in [0.2, 0.25) is 0 Å². The van der Waals surface area contributed by atoms with Crippen LogP contribution in [0.4, 0.5) is 0 Å². The third-order valence-electron chi connectivity index (χ3n) is 2.84. The van der Waals surface area contributed by atoms with E-state index in [1.165, 1.54) is 22.3 Å². The number of benzene rings is 2. The average molecular weight is 238 g/mol. The van der Waals surface area contributed by atoms with Crippen molar-refractivity contribution in [3.05, 3.63) is 77.4 Å². The number of hydrogen-bond donors (Lipinski definition) is 0. The maximum absolute atomic E-state index is 3.66. The van der Waals surface area contributed by atoms with Crippen LogP contribution in [-0.4, -0.2) is 0 Å². The van der Waals surface area contributed by atoms with Gasteiger partial charge in [0.1, 0.15) is 0 Å². The molecule has 0 nitrogen and oxygen atoms in total. The summed E-state index contributed by atoms with van der Waals surface area (Å²) >= 11 is 0. The quantitative estimate of drug-likeness (QED) is 0.675. The Morgan fingerprint density at radius 2 is 1.28 bits per heavy atom. The van der Waals surface area contributed by atoms with E-state index < -0.39 is 0 Å². The molecule has 0 bridgehead atoms. The van der Waals surface area contributed by atoms with Gasteiger partial charge in [-0.3, -0.25) is 0 Å². The summed E-state index contributed by atoms with van der Waals surface area (Å²) in [6, 6.07) is 16.9. The van der Waals surface area contributed by atoms with Gasteiger partial charge in [0, 0.05) is 0 Å². The van der Waals surface area contributed by atoms with Crippen molar-refractivity contribution in [2.75, 3.05) is 0 Å². The zero-order valence-electron chi connectivity index (χ0n) is 11.6. The zero-order valence-corrected chi connectivity index (χ0v) is 11.6. The second kappa shape index (κ2) is 7.50. The summed E-state index contributed by atoms with van der Waals surface area (Å²) in [4.78, 5) is 0. The molecular formula is C18H22. The van der Waals surface area contributed by atoms with Gasteiger partial charge in [-0.25, -0.2) is 0 Å². The minimum atomic E-state index is 1.14. The van der Waals surface area contributed by atoms with Crippen LogP contribution in [0, 0.1) is 13.8 Å². The molecule has 0 N–H and O–H groups in total. The molecule has 0 heterocycles. The molecule has 0 saturated carbocycles. The Bertz CT molecular complexity index is 460. The number of rotatable bonds is 2. The van der Waals surface area contributed by atoms with E-state index >= 15 is 0 Å². The Kier molecular flexibility index (Phi) is 5.93. The van der Waals surface area contributed by atoms with Crippen molar-refractivity contribution in [2.24, 2.45) is 0 Å². The van der Waals surface area contributed by atoms with Gasteiger partial charge in [-0.05, 0) is 31.4 Å². The van der Waals surface area contributed by atoms with Crippen LogP contribution in [0.5, 0.6) is 0 Å². The van der Waals surface area contributed by atoms with Gasteiger partial charge in [-0.2, -0.15) is 0 Å². The first-order chi connectivity index (χ1) is 8.65. The highest BCUT2D eigenvalue weighted by atomic mass is 13.9. The smallest absolute Gasteiger partial charge is 0.0262 e. The molecule has 2 aromatic carbocycles. The number of hydrogen-bond acceptors (Lipinski definition) is 0. The lowest BCUT2D eigenvalue weighted by Gasteiger charge is -1.94. The van der Waals surface area contributed by atoms with Crippen LogP contribution in [0.3, 0.4) is 0 Å². The lowest BCUT2D eigenvalue weighted by atomic mass is 10.1. The van der Waals surface area contributed by atoms with E-state index in [0.29, 0.717) is 0 Å². The Labute approximate surface area is 111 Å². The summed E-state index contributed by atoms with van der Waals surface area (Å²) < 4.78 is 0. The summed E-state index contributed by atoms with van der Waals surface area (Å²) in [7, 11) is 0. The van der Waals surface area contributed by atoms with Crippen LogP contribution in [0.15, 0.2) is 55.1 Å². The van der Waals surface area contributed by atoms with E-state index in [4.69, 9.17) is 0 Å². The van der Waals surface area contributed by atoms with E-state index in [9.17, 15) is 0 Å². The van der Waals surface area contributed by atoms with Crippen LogP contribution < -0.4 is 0 Å². The molecule has 0 fully saturated rings. The van der Waals surface area contributed by atoms with Gasteiger partial charge in [-0.15, -0.1) is 0 Å². The predicted octanol–water partition coefficient (Wildman–Crippen LogP) is 5.20. The van der Waals surface area contributed by atoms with Crippen LogP contribution in [-0.2, 0) is 6.42 Å². The third kappa shape index (κ3) is 5.01. The molecule has 0 aromatic heterocycles. The fraction of sp³-hybridized carbons (Fsp3) is 0.222. The maximum Gasteiger partial charge on any atom is -0.0262 e. The SMILES string of the molecule is C=Cc1ccc(C)cc1.CCc1ccc(C)cc1. The molecule has 0 unspecified atom stereocenters. The minimum Gasteiger partial charge on any atom is -0.0985 e. The molecule has 2 rings (SSSR count). The Morgan fingerprint density at radius 1 is 0.833 bits per heavy atom. The second-order valence-corrected chi connectivity index (χ2v) is 4.45. The molecular weight excluding hydrogens is 216 g/mol. The lowest BCUT2D eigenvalue weighted by molar-refractivity contribution is 1.14. The van der Waals surface area contributed by atoms with E-state index in [1.807, 2.05) is 6.08 Å². The van der Waals surface area contributed by atoms with Crippen molar-refractivity contribution in [3.63, 3.8) is 0 Å². The fourth-order valence-corrected chi connectivity index (χ4v) is 1.53. The van der Waals surface area contributed by atoms with Gasteiger partial charge in [-0.1, -0.05) is 79.2 Å². The van der Waals surface area contributed by atoms with Crippen molar-refractivity contribution in [1.29, 1.82) is 0 Å². The molecule has 0 amide bonds. The van der Waals surface area contributed by atoms with E-state index in [0.717, 1.165) is 6.42 Å². The van der Waals surface area contributed by atoms with E-state index in [1.54, 1.807) is 0 Å². The minimum absolute atomic E-state index is 1.14. The topological polar surface area (TPSA) is 0 Å². The Morgan fingerprint density at radius 3 is 1.67 bits per heavy atom. The molecule has 0 aliphatic rings. The van der Waals surface area contributed by atoms with Crippen LogP contribution in [0.2, 0.25) is 0 Å². The lowest BCUT2D eigenvalue weighted by Crippen LogP contribution is -1.77. The standard InChI is InChI=1S/C9H12.C9H10/c2*1-3-9-6-4-8(2)5-7-9/h4-7H,3H2,1-2H3;3-7H,1H2,2H3. The van der Waals surface area contributed by atoms with Crippen molar-refractivity contribution in [2.45, 2.75) is 27.2 Å².